The van der Waals surface area contributed by atoms with Crippen LogP contribution in [0.3, 0.4) is 0 Å². The van der Waals surface area contributed by atoms with Gasteiger partial charge in [0.25, 0.3) is 5.91 Å². The molecule has 1 aliphatic rings. The number of carbonyl (C=O) groups is 2. The fraction of sp³-hybridized carbons (Fsp3) is 0.467. The number of amides is 1. The fourth-order valence-corrected chi connectivity index (χ4v) is 2.69. The summed E-state index contributed by atoms with van der Waals surface area (Å²) in [6.07, 6.45) is 0.324. The van der Waals surface area contributed by atoms with Gasteiger partial charge >= 0.3 is 5.97 Å². The number of benzene rings is 1. The fourth-order valence-electron chi connectivity index (χ4n) is 2.01. The SMILES string of the molecule is COc1ccccc1CNC(=O)COC(=O)[C@@]1(C)CC1(Cl)Cl. The molecule has 1 atom stereocenters. The molecule has 1 aliphatic carbocycles. The molecule has 5 nitrogen and oxygen atoms in total. The van der Waals surface area contributed by atoms with Crippen LogP contribution >= 0.6 is 23.2 Å². The smallest absolute Gasteiger partial charge is 0.315 e. The summed E-state index contributed by atoms with van der Waals surface area (Å²) in [5.74, 6) is -0.289. The molecular formula is C15H17Cl2NO4. The maximum Gasteiger partial charge on any atom is 0.315 e. The van der Waals surface area contributed by atoms with E-state index in [2.05, 4.69) is 5.32 Å². The highest BCUT2D eigenvalue weighted by molar-refractivity contribution is 6.53. The van der Waals surface area contributed by atoms with Crippen molar-refractivity contribution in [1.29, 1.82) is 0 Å². The standard InChI is InChI=1S/C15H17Cl2NO4/c1-14(9-15(14,16)17)13(20)22-8-12(19)18-7-10-5-3-4-6-11(10)21-2/h3-6H,7-9H2,1-2H3,(H,18,19)/t14-/m1/s1. The van der Waals surface area contributed by atoms with Crippen LogP contribution in [-0.2, 0) is 20.9 Å². The van der Waals surface area contributed by atoms with Crippen LogP contribution in [0.15, 0.2) is 24.3 Å². The molecule has 1 aromatic carbocycles. The number of nitrogens with one attached hydrogen (secondary N) is 1. The molecule has 0 spiro atoms. The summed E-state index contributed by atoms with van der Waals surface area (Å²) in [5, 5.41) is 2.66. The Morgan fingerprint density at radius 1 is 1.32 bits per heavy atom. The highest BCUT2D eigenvalue weighted by Gasteiger charge is 2.69. The number of hydrogen-bond donors (Lipinski definition) is 1. The van der Waals surface area contributed by atoms with E-state index in [9.17, 15) is 9.59 Å². The highest BCUT2D eigenvalue weighted by atomic mass is 35.5. The number of halogens is 2. The lowest BCUT2D eigenvalue weighted by molar-refractivity contribution is -0.153. The molecule has 22 heavy (non-hydrogen) atoms. The molecule has 0 unspecified atom stereocenters. The normalized spacial score (nSPS) is 21.8. The monoisotopic (exact) mass is 345 g/mol. The largest absolute Gasteiger partial charge is 0.496 e. The van der Waals surface area contributed by atoms with Crippen molar-refractivity contribution in [2.45, 2.75) is 24.2 Å². The molecule has 1 amide bonds. The summed E-state index contributed by atoms with van der Waals surface area (Å²) in [7, 11) is 1.56. The van der Waals surface area contributed by atoms with Crippen molar-refractivity contribution in [3.63, 3.8) is 0 Å². The quantitative estimate of drug-likeness (QED) is 0.635. The zero-order valence-electron chi connectivity index (χ0n) is 12.3. The highest BCUT2D eigenvalue weighted by Crippen LogP contribution is 2.64. The predicted octanol–water partition coefficient (Wildman–Crippen LogP) is 2.44. The molecule has 0 heterocycles. The summed E-state index contributed by atoms with van der Waals surface area (Å²) in [6, 6.07) is 7.33. The molecular weight excluding hydrogens is 329 g/mol. The minimum Gasteiger partial charge on any atom is -0.496 e. The lowest BCUT2D eigenvalue weighted by atomic mass is 10.1. The van der Waals surface area contributed by atoms with Gasteiger partial charge in [0.15, 0.2) is 6.61 Å². The molecule has 0 bridgehead atoms. The second-order valence-corrected chi connectivity index (χ2v) is 6.86. The van der Waals surface area contributed by atoms with Gasteiger partial charge in [0, 0.05) is 18.5 Å². The zero-order valence-corrected chi connectivity index (χ0v) is 13.8. The van der Waals surface area contributed by atoms with Crippen LogP contribution in [0, 0.1) is 5.41 Å². The average Bonchev–Trinajstić information content (AvgIpc) is 3.02. The van der Waals surface area contributed by atoms with Crippen LogP contribution in [0.1, 0.15) is 18.9 Å². The Bertz CT molecular complexity index is 591. The molecule has 120 valence electrons. The molecule has 1 N–H and O–H groups in total. The van der Waals surface area contributed by atoms with Crippen LogP contribution in [0.5, 0.6) is 5.75 Å². The minimum atomic E-state index is -1.10. The van der Waals surface area contributed by atoms with E-state index in [1.165, 1.54) is 0 Å². The van der Waals surface area contributed by atoms with Gasteiger partial charge in [-0.05, 0) is 13.0 Å². The van der Waals surface area contributed by atoms with Crippen molar-refractivity contribution in [3.05, 3.63) is 29.8 Å². The Morgan fingerprint density at radius 3 is 2.55 bits per heavy atom. The number of carbonyl (C=O) groups excluding carboxylic acids is 2. The van der Waals surface area contributed by atoms with E-state index in [-0.39, 0.29) is 13.2 Å². The molecule has 0 radical (unpaired) electrons. The van der Waals surface area contributed by atoms with Gasteiger partial charge in [-0.3, -0.25) is 9.59 Å². The first kappa shape index (κ1) is 16.9. The third-order valence-corrected chi connectivity index (χ3v) is 4.81. The van der Waals surface area contributed by atoms with Gasteiger partial charge in [-0.1, -0.05) is 18.2 Å². The summed E-state index contributed by atoms with van der Waals surface area (Å²) in [6.45, 7) is 1.53. The van der Waals surface area contributed by atoms with Crippen molar-refractivity contribution in [2.75, 3.05) is 13.7 Å². The van der Waals surface area contributed by atoms with E-state index in [0.29, 0.717) is 12.2 Å². The molecule has 0 aromatic heterocycles. The first-order valence-electron chi connectivity index (χ1n) is 6.74. The second kappa shape index (κ2) is 6.34. The van der Waals surface area contributed by atoms with E-state index in [0.717, 1.165) is 5.56 Å². The Balaban J connectivity index is 1.78. The number of ether oxygens (including phenoxy) is 2. The van der Waals surface area contributed by atoms with Gasteiger partial charge in [-0.25, -0.2) is 0 Å². The number of methoxy groups -OCH3 is 1. The summed E-state index contributed by atoms with van der Waals surface area (Å²) < 4.78 is 9.05. The molecule has 0 saturated heterocycles. The van der Waals surface area contributed by atoms with Crippen molar-refractivity contribution >= 4 is 35.1 Å². The Labute approximate surface area is 138 Å². The second-order valence-electron chi connectivity index (χ2n) is 5.38. The van der Waals surface area contributed by atoms with Gasteiger partial charge < -0.3 is 14.8 Å². The van der Waals surface area contributed by atoms with Gasteiger partial charge in [-0.2, -0.15) is 0 Å². The zero-order chi connectivity index (χ0) is 16.4. The van der Waals surface area contributed by atoms with Crippen LogP contribution in [0.25, 0.3) is 0 Å². The molecule has 1 fully saturated rings. The summed E-state index contributed by atoms with van der Waals surface area (Å²) >= 11 is 11.8. The van der Waals surface area contributed by atoms with Crippen molar-refractivity contribution < 1.29 is 19.1 Å². The van der Waals surface area contributed by atoms with E-state index in [1.54, 1.807) is 20.1 Å². The Hall–Kier alpha value is -1.46. The third-order valence-electron chi connectivity index (χ3n) is 3.71. The molecule has 2 rings (SSSR count). The van der Waals surface area contributed by atoms with Crippen LogP contribution in [0.4, 0.5) is 0 Å². The average molecular weight is 346 g/mol. The van der Waals surface area contributed by atoms with Gasteiger partial charge in [0.2, 0.25) is 0 Å². The van der Waals surface area contributed by atoms with Crippen molar-refractivity contribution in [2.24, 2.45) is 5.41 Å². The Kier molecular flexibility index (Phi) is 4.87. The maximum atomic E-state index is 11.8. The predicted molar refractivity (Wildman–Crippen MR) is 83.0 cm³/mol. The van der Waals surface area contributed by atoms with Gasteiger partial charge in [0.1, 0.15) is 15.5 Å². The number of hydrogen-bond acceptors (Lipinski definition) is 4. The first-order valence-corrected chi connectivity index (χ1v) is 7.49. The third kappa shape index (κ3) is 3.47. The number of alkyl halides is 2. The van der Waals surface area contributed by atoms with E-state index in [4.69, 9.17) is 32.7 Å². The Morgan fingerprint density at radius 2 is 1.95 bits per heavy atom. The van der Waals surface area contributed by atoms with Crippen LogP contribution < -0.4 is 10.1 Å². The topological polar surface area (TPSA) is 64.6 Å². The van der Waals surface area contributed by atoms with Crippen LogP contribution in [-0.4, -0.2) is 29.9 Å². The molecule has 0 aliphatic heterocycles. The number of para-hydroxylation sites is 1. The van der Waals surface area contributed by atoms with Gasteiger partial charge in [-0.15, -0.1) is 23.2 Å². The lowest BCUT2D eigenvalue weighted by Gasteiger charge is -2.12. The van der Waals surface area contributed by atoms with Crippen molar-refractivity contribution in [3.8, 4) is 5.75 Å². The number of rotatable bonds is 6. The van der Waals surface area contributed by atoms with Gasteiger partial charge in [0.05, 0.1) is 7.11 Å². The molecule has 1 saturated carbocycles. The summed E-state index contributed by atoms with van der Waals surface area (Å²) in [4.78, 5) is 23.6. The lowest BCUT2D eigenvalue weighted by Crippen LogP contribution is -2.31. The first-order chi connectivity index (χ1) is 10.3. The minimum absolute atomic E-state index is 0.284. The van der Waals surface area contributed by atoms with E-state index >= 15 is 0 Å². The van der Waals surface area contributed by atoms with Crippen LogP contribution in [0.2, 0.25) is 0 Å². The van der Waals surface area contributed by atoms with E-state index < -0.39 is 21.6 Å². The number of esters is 1. The molecule has 7 heteroatoms. The van der Waals surface area contributed by atoms with Crippen molar-refractivity contribution in [1.82, 2.24) is 5.32 Å². The summed E-state index contributed by atoms with van der Waals surface area (Å²) in [5.41, 5.74) is -0.0988. The maximum absolute atomic E-state index is 11.8. The molecule has 1 aromatic rings. The van der Waals surface area contributed by atoms with E-state index in [1.807, 2.05) is 18.2 Å².